The molecule has 0 bridgehead atoms. The Bertz CT molecular complexity index is 768. The Kier molecular flexibility index (Phi) is 4.50. The summed E-state index contributed by atoms with van der Waals surface area (Å²) in [4.78, 5) is 25.2. The lowest BCUT2D eigenvalue weighted by Crippen LogP contribution is -2.44. The Morgan fingerprint density at radius 1 is 1.30 bits per heavy atom. The van der Waals surface area contributed by atoms with Crippen molar-refractivity contribution in [3.05, 3.63) is 28.8 Å². The summed E-state index contributed by atoms with van der Waals surface area (Å²) < 4.78 is 23.4. The minimum atomic E-state index is -3.97. The summed E-state index contributed by atoms with van der Waals surface area (Å²) in [6, 6.07) is 1.70. The van der Waals surface area contributed by atoms with Crippen LogP contribution in [0.1, 0.15) is 41.3 Å². The third kappa shape index (κ3) is 3.53. The number of aryl methyl sites for hydroxylation is 1. The minimum absolute atomic E-state index is 0.112. The van der Waals surface area contributed by atoms with Gasteiger partial charge in [0.1, 0.15) is 6.04 Å². The number of hydrogen-bond acceptors (Lipinski definition) is 4. The fraction of sp³-hybridized carbons (Fsp3) is 0.467. The standard InChI is InChI=1S/C15H20N2O5S/c1-8-6-11(7-13(9(8)2)23(16,21)22)14(18)17(12-4-5-12)10(3)15(19)20/h6-7,10,12H,4-5H2,1-3H3,(H,19,20)(H2,16,21,22). The van der Waals surface area contributed by atoms with Crippen molar-refractivity contribution < 1.29 is 23.1 Å². The molecule has 1 atom stereocenters. The zero-order valence-electron chi connectivity index (χ0n) is 13.2. The Morgan fingerprint density at radius 3 is 2.30 bits per heavy atom. The predicted molar refractivity (Wildman–Crippen MR) is 83.6 cm³/mol. The number of hydrogen-bond donors (Lipinski definition) is 2. The molecule has 1 unspecified atom stereocenters. The van der Waals surface area contributed by atoms with Crippen molar-refractivity contribution in [2.24, 2.45) is 5.14 Å². The quantitative estimate of drug-likeness (QED) is 0.830. The van der Waals surface area contributed by atoms with Crippen LogP contribution in [0.2, 0.25) is 0 Å². The second kappa shape index (κ2) is 5.93. The molecule has 1 aromatic rings. The fourth-order valence-corrected chi connectivity index (χ4v) is 3.40. The molecule has 1 amide bonds. The van der Waals surface area contributed by atoms with Gasteiger partial charge in [0, 0.05) is 11.6 Å². The molecule has 0 saturated heterocycles. The van der Waals surface area contributed by atoms with Crippen LogP contribution >= 0.6 is 0 Å². The van der Waals surface area contributed by atoms with E-state index in [9.17, 15) is 23.1 Å². The van der Waals surface area contributed by atoms with Crippen LogP contribution in [0.5, 0.6) is 0 Å². The Morgan fingerprint density at radius 2 is 1.87 bits per heavy atom. The number of sulfonamides is 1. The summed E-state index contributed by atoms with van der Waals surface area (Å²) in [5, 5.41) is 14.4. The molecule has 3 N–H and O–H groups in total. The number of carboxylic acid groups (broad SMARTS) is 1. The summed E-state index contributed by atoms with van der Waals surface area (Å²) in [6.45, 7) is 4.74. The van der Waals surface area contributed by atoms with Gasteiger partial charge in [-0.15, -0.1) is 0 Å². The van der Waals surface area contributed by atoms with E-state index in [4.69, 9.17) is 5.14 Å². The number of rotatable bonds is 5. The van der Waals surface area contributed by atoms with Gasteiger partial charge in [0.05, 0.1) is 4.90 Å². The lowest BCUT2D eigenvalue weighted by Gasteiger charge is -2.27. The van der Waals surface area contributed by atoms with E-state index in [1.165, 1.54) is 17.9 Å². The summed E-state index contributed by atoms with van der Waals surface area (Å²) in [6.07, 6.45) is 1.49. The zero-order valence-corrected chi connectivity index (χ0v) is 14.1. The smallest absolute Gasteiger partial charge is 0.326 e. The number of benzene rings is 1. The van der Waals surface area contributed by atoms with Crippen molar-refractivity contribution in [2.45, 2.75) is 50.6 Å². The SMILES string of the molecule is Cc1cc(C(=O)N(C2CC2)C(C)C(=O)O)cc(S(N)(=O)=O)c1C. The Labute approximate surface area is 135 Å². The molecule has 1 saturated carbocycles. The van der Waals surface area contributed by atoms with Gasteiger partial charge in [-0.1, -0.05) is 0 Å². The number of primary sulfonamides is 1. The van der Waals surface area contributed by atoms with Crippen LogP contribution in [0, 0.1) is 13.8 Å². The summed E-state index contributed by atoms with van der Waals surface area (Å²) in [5.74, 6) is -1.59. The molecule has 0 heterocycles. The molecule has 8 heteroatoms. The summed E-state index contributed by atoms with van der Waals surface area (Å²) in [7, 11) is -3.97. The predicted octanol–water partition coefficient (Wildman–Crippen LogP) is 1.03. The highest BCUT2D eigenvalue weighted by Crippen LogP contribution is 2.31. The van der Waals surface area contributed by atoms with E-state index in [1.807, 2.05) is 0 Å². The minimum Gasteiger partial charge on any atom is -0.480 e. The van der Waals surface area contributed by atoms with E-state index < -0.39 is 27.9 Å². The number of carbonyl (C=O) groups excluding carboxylic acids is 1. The maximum atomic E-state index is 12.7. The van der Waals surface area contributed by atoms with E-state index >= 15 is 0 Å². The normalized spacial score (nSPS) is 16.0. The molecule has 0 radical (unpaired) electrons. The average Bonchev–Trinajstić information content (AvgIpc) is 3.24. The van der Waals surface area contributed by atoms with Gasteiger partial charge in [-0.3, -0.25) is 4.79 Å². The van der Waals surface area contributed by atoms with Gasteiger partial charge >= 0.3 is 5.97 Å². The third-order valence-electron chi connectivity index (χ3n) is 4.12. The first-order valence-corrected chi connectivity index (χ1v) is 8.78. The first kappa shape index (κ1) is 17.4. The molecule has 0 aliphatic heterocycles. The number of aliphatic carboxylic acids is 1. The van der Waals surface area contributed by atoms with Crippen LogP contribution in [-0.4, -0.2) is 42.4 Å². The molecule has 23 heavy (non-hydrogen) atoms. The van der Waals surface area contributed by atoms with E-state index in [2.05, 4.69) is 0 Å². The van der Waals surface area contributed by atoms with Crippen LogP contribution in [0.15, 0.2) is 17.0 Å². The highest BCUT2D eigenvalue weighted by molar-refractivity contribution is 7.89. The molecule has 126 valence electrons. The Hall–Kier alpha value is -1.93. The van der Waals surface area contributed by atoms with Gasteiger partial charge in [-0.25, -0.2) is 18.4 Å². The Balaban J connectivity index is 2.50. The lowest BCUT2D eigenvalue weighted by atomic mass is 10.0. The molecule has 1 aliphatic carbocycles. The monoisotopic (exact) mass is 340 g/mol. The molecular weight excluding hydrogens is 320 g/mol. The van der Waals surface area contributed by atoms with Crippen LogP contribution in [0.25, 0.3) is 0 Å². The van der Waals surface area contributed by atoms with Crippen molar-refractivity contribution in [1.29, 1.82) is 0 Å². The van der Waals surface area contributed by atoms with Crippen LogP contribution in [0.4, 0.5) is 0 Å². The van der Waals surface area contributed by atoms with Crippen molar-refractivity contribution in [3.8, 4) is 0 Å². The highest BCUT2D eigenvalue weighted by Gasteiger charge is 2.39. The third-order valence-corrected chi connectivity index (χ3v) is 5.16. The van der Waals surface area contributed by atoms with Crippen molar-refractivity contribution in [2.75, 3.05) is 0 Å². The van der Waals surface area contributed by atoms with Gasteiger partial charge in [0.25, 0.3) is 5.91 Å². The lowest BCUT2D eigenvalue weighted by molar-refractivity contribution is -0.141. The summed E-state index contributed by atoms with van der Waals surface area (Å²) in [5.41, 5.74) is 1.23. The van der Waals surface area contributed by atoms with Gasteiger partial charge in [-0.05, 0) is 56.9 Å². The summed E-state index contributed by atoms with van der Waals surface area (Å²) >= 11 is 0. The molecule has 0 aromatic heterocycles. The molecule has 2 rings (SSSR count). The second-order valence-corrected chi connectivity index (χ2v) is 7.45. The highest BCUT2D eigenvalue weighted by atomic mass is 32.2. The van der Waals surface area contributed by atoms with Gasteiger partial charge in [0.2, 0.25) is 10.0 Å². The number of carbonyl (C=O) groups is 2. The maximum absolute atomic E-state index is 12.7. The van der Waals surface area contributed by atoms with Crippen molar-refractivity contribution >= 4 is 21.9 Å². The van der Waals surface area contributed by atoms with E-state index in [0.717, 1.165) is 12.8 Å². The van der Waals surface area contributed by atoms with E-state index in [1.54, 1.807) is 19.9 Å². The van der Waals surface area contributed by atoms with E-state index in [-0.39, 0.29) is 16.5 Å². The number of carboxylic acids is 1. The van der Waals surface area contributed by atoms with Gasteiger partial charge in [0.15, 0.2) is 0 Å². The molecule has 7 nitrogen and oxygen atoms in total. The number of nitrogens with two attached hydrogens (primary N) is 1. The van der Waals surface area contributed by atoms with Crippen LogP contribution < -0.4 is 5.14 Å². The molecular formula is C15H20N2O5S. The average molecular weight is 340 g/mol. The zero-order chi connectivity index (χ0) is 17.5. The van der Waals surface area contributed by atoms with E-state index in [0.29, 0.717) is 11.1 Å². The molecule has 1 fully saturated rings. The largest absolute Gasteiger partial charge is 0.480 e. The first-order valence-electron chi connectivity index (χ1n) is 7.23. The number of amides is 1. The first-order chi connectivity index (χ1) is 10.5. The second-order valence-electron chi connectivity index (χ2n) is 5.92. The molecule has 1 aromatic carbocycles. The fourth-order valence-electron chi connectivity index (χ4n) is 2.52. The van der Waals surface area contributed by atoms with Crippen molar-refractivity contribution in [3.63, 3.8) is 0 Å². The van der Waals surface area contributed by atoms with Gasteiger partial charge < -0.3 is 10.0 Å². The maximum Gasteiger partial charge on any atom is 0.326 e. The number of nitrogens with zero attached hydrogens (tertiary/aromatic N) is 1. The van der Waals surface area contributed by atoms with Gasteiger partial charge in [-0.2, -0.15) is 0 Å². The molecule has 1 aliphatic rings. The van der Waals surface area contributed by atoms with Crippen molar-refractivity contribution in [1.82, 2.24) is 4.90 Å². The van der Waals surface area contributed by atoms with Crippen LogP contribution in [0.3, 0.4) is 0 Å². The topological polar surface area (TPSA) is 118 Å². The van der Waals surface area contributed by atoms with Crippen LogP contribution in [-0.2, 0) is 14.8 Å². The molecule has 0 spiro atoms.